The summed E-state index contributed by atoms with van der Waals surface area (Å²) in [5.74, 6) is -0.0826. The summed E-state index contributed by atoms with van der Waals surface area (Å²) in [4.78, 5) is 16.7. The van der Waals surface area contributed by atoms with E-state index >= 15 is 0 Å². The lowest BCUT2D eigenvalue weighted by atomic mass is 10.1. The maximum absolute atomic E-state index is 12.1. The van der Waals surface area contributed by atoms with Crippen LogP contribution in [-0.2, 0) is 0 Å². The molecule has 20 heavy (non-hydrogen) atoms. The molecule has 8 heteroatoms. The van der Waals surface area contributed by atoms with Crippen molar-refractivity contribution in [2.24, 2.45) is 5.73 Å². The zero-order valence-corrected chi connectivity index (χ0v) is 12.4. The molecule has 1 unspecified atom stereocenters. The molecule has 2 rings (SSSR count). The van der Waals surface area contributed by atoms with Crippen LogP contribution in [-0.4, -0.2) is 68.3 Å². The minimum absolute atomic E-state index is 0.0826. The number of nitrogens with one attached hydrogen (secondary N) is 1. The van der Waals surface area contributed by atoms with Crippen LogP contribution in [0.4, 0.5) is 0 Å². The summed E-state index contributed by atoms with van der Waals surface area (Å²) >= 11 is 5.14. The molecule has 7 nitrogen and oxygen atoms in total. The van der Waals surface area contributed by atoms with Gasteiger partial charge in [-0.2, -0.15) is 15.4 Å². The quantitative estimate of drug-likeness (QED) is 0.744. The maximum Gasteiger partial charge on any atom is 0.276 e. The van der Waals surface area contributed by atoms with Crippen LogP contribution in [0.2, 0.25) is 0 Å². The fraction of sp³-hybridized carbons (Fsp3) is 0.667. The average Bonchev–Trinajstić information content (AvgIpc) is 2.98. The number of nitrogens with zero attached hydrogens (tertiary/aromatic N) is 4. The summed E-state index contributed by atoms with van der Waals surface area (Å²) in [6.07, 6.45) is 3.45. The standard InChI is InChI=1S/C12H20N6OS/c1-2-3-10(11(13)20)17-4-6-18(7-5-17)12(19)9-8-14-16-15-9/h8,10H,2-7H2,1H3,(H2,13,20)(H,14,15,16). The van der Waals surface area contributed by atoms with E-state index in [-0.39, 0.29) is 11.9 Å². The highest BCUT2D eigenvalue weighted by Crippen LogP contribution is 2.13. The second kappa shape index (κ2) is 6.76. The molecule has 1 aromatic rings. The van der Waals surface area contributed by atoms with Crippen molar-refractivity contribution in [1.82, 2.24) is 25.2 Å². The first-order valence-electron chi connectivity index (χ1n) is 6.82. The number of aromatic amines is 1. The highest BCUT2D eigenvalue weighted by atomic mass is 32.1. The first-order valence-corrected chi connectivity index (χ1v) is 7.22. The number of thiocarbonyl (C=S) groups is 1. The summed E-state index contributed by atoms with van der Waals surface area (Å²) in [5.41, 5.74) is 6.17. The molecule has 0 aromatic carbocycles. The van der Waals surface area contributed by atoms with E-state index in [9.17, 15) is 4.79 Å². The van der Waals surface area contributed by atoms with Crippen LogP contribution >= 0.6 is 12.2 Å². The molecule has 1 saturated heterocycles. The lowest BCUT2D eigenvalue weighted by Gasteiger charge is -2.38. The largest absolute Gasteiger partial charge is 0.392 e. The predicted molar refractivity (Wildman–Crippen MR) is 79.3 cm³/mol. The van der Waals surface area contributed by atoms with E-state index in [0.717, 1.165) is 25.9 Å². The van der Waals surface area contributed by atoms with E-state index in [1.165, 1.54) is 6.20 Å². The van der Waals surface area contributed by atoms with Crippen molar-refractivity contribution in [2.45, 2.75) is 25.8 Å². The lowest BCUT2D eigenvalue weighted by molar-refractivity contribution is 0.0603. The van der Waals surface area contributed by atoms with E-state index in [1.54, 1.807) is 4.90 Å². The highest BCUT2D eigenvalue weighted by Gasteiger charge is 2.28. The minimum Gasteiger partial charge on any atom is -0.392 e. The predicted octanol–water partition coefficient (Wildman–Crippen LogP) is 0.0173. The molecular formula is C12H20N6OS. The topological polar surface area (TPSA) is 91.1 Å². The fourth-order valence-electron chi connectivity index (χ4n) is 2.48. The van der Waals surface area contributed by atoms with Gasteiger partial charge >= 0.3 is 0 Å². The van der Waals surface area contributed by atoms with Gasteiger partial charge in [0.15, 0.2) is 5.69 Å². The van der Waals surface area contributed by atoms with Crippen LogP contribution in [0.3, 0.4) is 0 Å². The number of H-pyrrole nitrogens is 1. The third-order valence-corrected chi connectivity index (χ3v) is 3.84. The average molecular weight is 296 g/mol. The molecule has 1 aliphatic heterocycles. The molecule has 1 fully saturated rings. The zero-order chi connectivity index (χ0) is 14.5. The van der Waals surface area contributed by atoms with E-state index in [4.69, 9.17) is 18.0 Å². The van der Waals surface area contributed by atoms with E-state index in [1.807, 2.05) is 0 Å². The van der Waals surface area contributed by atoms with Crippen molar-refractivity contribution in [2.75, 3.05) is 26.2 Å². The minimum atomic E-state index is -0.0826. The number of carbonyl (C=O) groups excluding carboxylic acids is 1. The van der Waals surface area contributed by atoms with Gasteiger partial charge in [-0.25, -0.2) is 0 Å². The molecule has 2 heterocycles. The number of nitrogens with two attached hydrogens (primary N) is 1. The summed E-state index contributed by atoms with van der Waals surface area (Å²) in [7, 11) is 0. The second-order valence-corrected chi connectivity index (χ2v) is 5.36. The van der Waals surface area contributed by atoms with Gasteiger partial charge in [0.2, 0.25) is 0 Å². The molecule has 3 N–H and O–H groups in total. The number of hydrogen-bond acceptors (Lipinski definition) is 5. The lowest BCUT2D eigenvalue weighted by Crippen LogP contribution is -2.54. The summed E-state index contributed by atoms with van der Waals surface area (Å²) in [5, 5.41) is 9.94. The first kappa shape index (κ1) is 14.9. The molecule has 0 radical (unpaired) electrons. The van der Waals surface area contributed by atoms with E-state index in [2.05, 4.69) is 27.2 Å². The molecular weight excluding hydrogens is 276 g/mol. The van der Waals surface area contributed by atoms with Crippen LogP contribution < -0.4 is 5.73 Å². The first-order chi connectivity index (χ1) is 9.63. The summed E-state index contributed by atoms with van der Waals surface area (Å²) in [6, 6.07) is 0.138. The number of hydrogen-bond donors (Lipinski definition) is 2. The molecule has 110 valence electrons. The van der Waals surface area contributed by atoms with Crippen molar-refractivity contribution < 1.29 is 4.79 Å². The van der Waals surface area contributed by atoms with Gasteiger partial charge in [-0.05, 0) is 6.42 Å². The Kier molecular flexibility index (Phi) is 5.02. The van der Waals surface area contributed by atoms with Gasteiger partial charge in [-0.3, -0.25) is 9.69 Å². The van der Waals surface area contributed by atoms with Gasteiger partial charge in [0.25, 0.3) is 5.91 Å². The van der Waals surface area contributed by atoms with Crippen molar-refractivity contribution in [3.05, 3.63) is 11.9 Å². The smallest absolute Gasteiger partial charge is 0.276 e. The second-order valence-electron chi connectivity index (χ2n) is 4.89. The Bertz CT molecular complexity index is 455. The van der Waals surface area contributed by atoms with Gasteiger partial charge < -0.3 is 10.6 Å². The fourth-order valence-corrected chi connectivity index (χ4v) is 2.75. The van der Waals surface area contributed by atoms with Gasteiger partial charge in [0.1, 0.15) is 0 Å². The monoisotopic (exact) mass is 296 g/mol. The van der Waals surface area contributed by atoms with Crippen LogP contribution in [0, 0.1) is 0 Å². The molecule has 1 aromatic heterocycles. The van der Waals surface area contributed by atoms with Crippen molar-refractivity contribution in [3.8, 4) is 0 Å². The van der Waals surface area contributed by atoms with Crippen molar-refractivity contribution in [1.29, 1.82) is 0 Å². The summed E-state index contributed by atoms with van der Waals surface area (Å²) in [6.45, 7) is 5.01. The van der Waals surface area contributed by atoms with Gasteiger partial charge in [-0.15, -0.1) is 0 Å². The Morgan fingerprint density at radius 1 is 1.50 bits per heavy atom. The highest BCUT2D eigenvalue weighted by molar-refractivity contribution is 7.80. The number of aromatic nitrogens is 3. The Labute approximate surface area is 123 Å². The Balaban J connectivity index is 1.91. The molecule has 0 bridgehead atoms. The Hall–Kier alpha value is -1.54. The SMILES string of the molecule is CCCC(C(N)=S)N1CCN(C(=O)c2cn[nH]n2)CC1. The number of amides is 1. The molecule has 0 spiro atoms. The van der Waals surface area contributed by atoms with Crippen LogP contribution in [0.5, 0.6) is 0 Å². The van der Waals surface area contributed by atoms with Gasteiger partial charge in [0, 0.05) is 26.2 Å². The van der Waals surface area contributed by atoms with Crippen LogP contribution in [0.1, 0.15) is 30.3 Å². The van der Waals surface area contributed by atoms with Gasteiger partial charge in [0.05, 0.1) is 17.2 Å². The van der Waals surface area contributed by atoms with Crippen LogP contribution in [0.25, 0.3) is 0 Å². The van der Waals surface area contributed by atoms with E-state index < -0.39 is 0 Å². The molecule has 0 aliphatic carbocycles. The number of rotatable bonds is 5. The maximum atomic E-state index is 12.1. The Morgan fingerprint density at radius 2 is 2.20 bits per heavy atom. The molecule has 0 saturated carbocycles. The van der Waals surface area contributed by atoms with Crippen LogP contribution in [0.15, 0.2) is 6.20 Å². The normalized spacial score (nSPS) is 17.9. The molecule has 1 amide bonds. The third kappa shape index (κ3) is 3.31. The summed E-state index contributed by atoms with van der Waals surface area (Å²) < 4.78 is 0. The molecule has 1 aliphatic rings. The van der Waals surface area contributed by atoms with Crippen molar-refractivity contribution in [3.63, 3.8) is 0 Å². The third-order valence-electron chi connectivity index (χ3n) is 3.57. The van der Waals surface area contributed by atoms with E-state index in [0.29, 0.717) is 23.8 Å². The number of carbonyl (C=O) groups is 1. The molecule has 1 atom stereocenters. The van der Waals surface area contributed by atoms with Crippen molar-refractivity contribution >= 4 is 23.1 Å². The zero-order valence-electron chi connectivity index (χ0n) is 11.6. The Morgan fingerprint density at radius 3 is 2.70 bits per heavy atom. The number of piperazine rings is 1. The van der Waals surface area contributed by atoms with Gasteiger partial charge in [-0.1, -0.05) is 25.6 Å².